The quantitative estimate of drug-likeness (QED) is 0.838. The van der Waals surface area contributed by atoms with E-state index in [1.165, 1.54) is 19.5 Å². The van der Waals surface area contributed by atoms with Gasteiger partial charge in [-0.15, -0.1) is 0 Å². The van der Waals surface area contributed by atoms with Crippen LogP contribution in [0.3, 0.4) is 0 Å². The summed E-state index contributed by atoms with van der Waals surface area (Å²) in [4.78, 5) is 6.88. The van der Waals surface area contributed by atoms with Crippen LogP contribution in [0.5, 0.6) is 0 Å². The Morgan fingerprint density at radius 2 is 2.30 bits per heavy atom. The molecule has 1 aromatic heterocycles. The number of nitrogens with two attached hydrogens (primary N) is 1. The number of hydrogen-bond acceptors (Lipinski definition) is 4. The van der Waals surface area contributed by atoms with E-state index in [4.69, 9.17) is 5.73 Å². The lowest BCUT2D eigenvalue weighted by Gasteiger charge is -2.15. The van der Waals surface area contributed by atoms with Gasteiger partial charge in [0.1, 0.15) is 0 Å². The molecule has 20 heavy (non-hydrogen) atoms. The van der Waals surface area contributed by atoms with Gasteiger partial charge in [-0.2, -0.15) is 0 Å². The van der Waals surface area contributed by atoms with Gasteiger partial charge in [0, 0.05) is 30.4 Å². The summed E-state index contributed by atoms with van der Waals surface area (Å²) < 4.78 is 0. The van der Waals surface area contributed by atoms with Crippen LogP contribution in [0.2, 0.25) is 0 Å². The van der Waals surface area contributed by atoms with E-state index in [0.717, 1.165) is 41.3 Å². The molecule has 1 saturated heterocycles. The van der Waals surface area contributed by atoms with Gasteiger partial charge in [-0.25, -0.2) is 0 Å². The molecule has 0 amide bonds. The molecule has 1 aliphatic heterocycles. The van der Waals surface area contributed by atoms with E-state index in [2.05, 4.69) is 28.2 Å². The first-order chi connectivity index (χ1) is 9.78. The molecule has 0 saturated carbocycles. The van der Waals surface area contributed by atoms with Crippen LogP contribution in [-0.2, 0) is 0 Å². The van der Waals surface area contributed by atoms with Crippen LogP contribution >= 0.6 is 0 Å². The lowest BCUT2D eigenvalue weighted by molar-refractivity contribution is 0.345. The second-order valence-electron chi connectivity index (χ2n) is 5.53. The van der Waals surface area contributed by atoms with Crippen molar-refractivity contribution in [2.45, 2.75) is 13.3 Å². The number of likely N-dealkylation sites (tertiary alicyclic amines) is 1. The summed E-state index contributed by atoms with van der Waals surface area (Å²) in [6.07, 6.45) is 3.11. The zero-order chi connectivity index (χ0) is 13.9. The zero-order valence-electron chi connectivity index (χ0n) is 12.0. The van der Waals surface area contributed by atoms with Gasteiger partial charge < -0.3 is 16.0 Å². The van der Waals surface area contributed by atoms with E-state index >= 15 is 0 Å². The predicted octanol–water partition coefficient (Wildman–Crippen LogP) is 2.57. The Labute approximate surface area is 120 Å². The maximum atomic E-state index is 5.98. The van der Waals surface area contributed by atoms with Crippen LogP contribution < -0.4 is 11.1 Å². The molecule has 0 aliphatic carbocycles. The van der Waals surface area contributed by atoms with Crippen molar-refractivity contribution in [2.24, 2.45) is 5.92 Å². The molecule has 1 unspecified atom stereocenters. The second kappa shape index (κ2) is 5.67. The van der Waals surface area contributed by atoms with Gasteiger partial charge in [0.05, 0.1) is 11.2 Å². The number of nitrogen functional groups attached to an aromatic ring is 1. The van der Waals surface area contributed by atoms with Crippen molar-refractivity contribution in [2.75, 3.05) is 37.2 Å². The number of anilines is 2. The van der Waals surface area contributed by atoms with Crippen LogP contribution in [0.1, 0.15) is 13.3 Å². The number of pyridine rings is 1. The molecule has 2 aromatic rings. The van der Waals surface area contributed by atoms with E-state index in [1.54, 1.807) is 0 Å². The average Bonchev–Trinajstić information content (AvgIpc) is 2.94. The summed E-state index contributed by atoms with van der Waals surface area (Å²) >= 11 is 0. The third-order valence-electron chi connectivity index (χ3n) is 4.20. The Morgan fingerprint density at radius 1 is 1.40 bits per heavy atom. The first-order valence-electron chi connectivity index (χ1n) is 7.37. The van der Waals surface area contributed by atoms with Crippen LogP contribution in [-0.4, -0.2) is 36.1 Å². The predicted molar refractivity (Wildman–Crippen MR) is 84.9 cm³/mol. The van der Waals surface area contributed by atoms with E-state index < -0.39 is 0 Å². The molecule has 0 bridgehead atoms. The SMILES string of the molecule is CCN1CCC(CNc2ccnc3c(N)cccc23)C1. The molecule has 2 heterocycles. The fraction of sp³-hybridized carbons (Fsp3) is 0.438. The van der Waals surface area contributed by atoms with Gasteiger partial charge in [0.15, 0.2) is 0 Å². The largest absolute Gasteiger partial charge is 0.397 e. The highest BCUT2D eigenvalue weighted by Gasteiger charge is 2.20. The minimum atomic E-state index is 0.735. The van der Waals surface area contributed by atoms with Gasteiger partial charge >= 0.3 is 0 Å². The van der Waals surface area contributed by atoms with E-state index in [-0.39, 0.29) is 0 Å². The van der Waals surface area contributed by atoms with Crippen molar-refractivity contribution < 1.29 is 0 Å². The van der Waals surface area contributed by atoms with Gasteiger partial charge in [0.25, 0.3) is 0 Å². The van der Waals surface area contributed by atoms with E-state index in [1.807, 2.05) is 24.4 Å². The molecular weight excluding hydrogens is 248 g/mol. The number of rotatable bonds is 4. The average molecular weight is 270 g/mol. The van der Waals surface area contributed by atoms with Crippen molar-refractivity contribution in [1.29, 1.82) is 0 Å². The van der Waals surface area contributed by atoms with Crippen LogP contribution in [0.15, 0.2) is 30.5 Å². The van der Waals surface area contributed by atoms with Crippen molar-refractivity contribution in [3.8, 4) is 0 Å². The first kappa shape index (κ1) is 13.2. The number of aromatic nitrogens is 1. The van der Waals surface area contributed by atoms with Crippen LogP contribution in [0, 0.1) is 5.92 Å². The summed E-state index contributed by atoms with van der Waals surface area (Å²) in [6, 6.07) is 8.00. The molecule has 3 N–H and O–H groups in total. The second-order valence-corrected chi connectivity index (χ2v) is 5.53. The Morgan fingerprint density at radius 3 is 3.10 bits per heavy atom. The van der Waals surface area contributed by atoms with Gasteiger partial charge in [0.2, 0.25) is 0 Å². The fourth-order valence-corrected chi connectivity index (χ4v) is 2.97. The summed E-state index contributed by atoms with van der Waals surface area (Å²) in [5.74, 6) is 0.735. The number of nitrogens with one attached hydrogen (secondary N) is 1. The van der Waals surface area contributed by atoms with Crippen molar-refractivity contribution >= 4 is 22.3 Å². The molecule has 1 aliphatic rings. The summed E-state index contributed by atoms with van der Waals surface area (Å²) in [5, 5.41) is 4.69. The van der Waals surface area contributed by atoms with Crippen molar-refractivity contribution in [3.63, 3.8) is 0 Å². The topological polar surface area (TPSA) is 54.2 Å². The lowest BCUT2D eigenvalue weighted by Crippen LogP contribution is -2.22. The smallest absolute Gasteiger partial charge is 0.0951 e. The molecule has 4 heteroatoms. The molecule has 1 fully saturated rings. The zero-order valence-corrected chi connectivity index (χ0v) is 12.0. The minimum absolute atomic E-state index is 0.735. The van der Waals surface area contributed by atoms with E-state index in [0.29, 0.717) is 0 Å². The summed E-state index contributed by atoms with van der Waals surface area (Å²) in [5.41, 5.74) is 8.75. The maximum Gasteiger partial charge on any atom is 0.0951 e. The highest BCUT2D eigenvalue weighted by molar-refractivity contribution is 5.97. The molecule has 1 aromatic carbocycles. The van der Waals surface area contributed by atoms with Gasteiger partial charge in [-0.05, 0) is 37.6 Å². The summed E-state index contributed by atoms with van der Waals surface area (Å²) in [6.45, 7) is 6.84. The van der Waals surface area contributed by atoms with Gasteiger partial charge in [-0.3, -0.25) is 4.98 Å². The third kappa shape index (κ3) is 2.56. The highest BCUT2D eigenvalue weighted by Crippen LogP contribution is 2.26. The molecule has 1 atom stereocenters. The molecule has 0 spiro atoms. The maximum absolute atomic E-state index is 5.98. The minimum Gasteiger partial charge on any atom is -0.397 e. The van der Waals surface area contributed by atoms with Crippen molar-refractivity contribution in [3.05, 3.63) is 30.5 Å². The van der Waals surface area contributed by atoms with Crippen LogP contribution in [0.4, 0.5) is 11.4 Å². The molecule has 0 radical (unpaired) electrons. The molecule has 106 valence electrons. The van der Waals surface area contributed by atoms with Crippen LogP contribution in [0.25, 0.3) is 10.9 Å². The standard InChI is InChI=1S/C16H22N4/c1-2-20-9-7-12(11-20)10-19-15-6-8-18-16-13(15)4-3-5-14(16)17/h3-6,8,12H,2,7,9-11,17H2,1H3,(H,18,19). The Hall–Kier alpha value is -1.81. The fourth-order valence-electron chi connectivity index (χ4n) is 2.97. The number of nitrogens with zero attached hydrogens (tertiary/aromatic N) is 2. The normalized spacial score (nSPS) is 19.6. The molecule has 3 rings (SSSR count). The Bertz CT molecular complexity index is 596. The Balaban J connectivity index is 1.73. The van der Waals surface area contributed by atoms with Gasteiger partial charge in [-0.1, -0.05) is 19.1 Å². The summed E-state index contributed by atoms with van der Waals surface area (Å²) in [7, 11) is 0. The number of para-hydroxylation sites is 1. The number of hydrogen-bond donors (Lipinski definition) is 2. The van der Waals surface area contributed by atoms with Crippen molar-refractivity contribution in [1.82, 2.24) is 9.88 Å². The highest BCUT2D eigenvalue weighted by atomic mass is 15.1. The monoisotopic (exact) mass is 270 g/mol. The first-order valence-corrected chi connectivity index (χ1v) is 7.37. The van der Waals surface area contributed by atoms with E-state index in [9.17, 15) is 0 Å². The molecule has 4 nitrogen and oxygen atoms in total. The molecular formula is C16H22N4. The number of fused-ring (bicyclic) bond motifs is 1. The Kier molecular flexibility index (Phi) is 3.74. The third-order valence-corrected chi connectivity index (χ3v) is 4.20. The lowest BCUT2D eigenvalue weighted by atomic mass is 10.1. The number of benzene rings is 1.